The summed E-state index contributed by atoms with van der Waals surface area (Å²) in [4.78, 5) is 28.8. The Hall–Kier alpha value is -2.77. The Morgan fingerprint density at radius 3 is 2.43 bits per heavy atom. The van der Waals surface area contributed by atoms with Gasteiger partial charge in [0.15, 0.2) is 6.04 Å². The fraction of sp³-hybridized carbons (Fsp3) is 0.0625. The zero-order valence-electron chi connectivity index (χ0n) is 12.0. The molecule has 0 unspecified atom stereocenters. The van der Waals surface area contributed by atoms with Gasteiger partial charge in [-0.15, -0.1) is 11.3 Å². The molecule has 1 heterocycles. The fourth-order valence-corrected chi connectivity index (χ4v) is 3.16. The number of fused-ring (bicyclic) bond motifs is 1. The van der Waals surface area contributed by atoms with Crippen LogP contribution in [0.3, 0.4) is 0 Å². The number of hydrogen-bond acceptors (Lipinski definition) is 5. The van der Waals surface area contributed by atoms with Gasteiger partial charge in [0.05, 0.1) is 10.2 Å². The molecule has 2 amide bonds. The van der Waals surface area contributed by atoms with Crippen LogP contribution in [-0.4, -0.2) is 16.8 Å². The number of rotatable bonds is 4. The topological polar surface area (TPSA) is 97.1 Å². The number of nitrogens with zero attached hydrogens (tertiary/aromatic N) is 1. The summed E-state index contributed by atoms with van der Waals surface area (Å²) in [6.07, 6.45) is 0. The molecule has 0 fully saturated rings. The van der Waals surface area contributed by atoms with Gasteiger partial charge in [0.25, 0.3) is 11.8 Å². The van der Waals surface area contributed by atoms with E-state index in [0.29, 0.717) is 10.6 Å². The Kier molecular flexibility index (Phi) is 4.31. The van der Waals surface area contributed by atoms with E-state index in [9.17, 15) is 9.59 Å². The maximum Gasteiger partial charge on any atom is 0.263 e. The van der Waals surface area contributed by atoms with Crippen LogP contribution in [0.25, 0.3) is 10.2 Å². The van der Waals surface area contributed by atoms with Gasteiger partial charge in [0, 0.05) is 5.56 Å². The minimum Gasteiger partial charge on any atom is -0.334 e. The van der Waals surface area contributed by atoms with Crippen molar-refractivity contribution >= 4 is 33.4 Å². The van der Waals surface area contributed by atoms with E-state index < -0.39 is 11.9 Å². The lowest BCUT2D eigenvalue weighted by molar-refractivity contribution is -0.123. The molecule has 7 heteroatoms. The zero-order chi connectivity index (χ0) is 16.2. The molecule has 2 aromatic carbocycles. The Morgan fingerprint density at radius 1 is 1.04 bits per heavy atom. The average molecular weight is 326 g/mol. The van der Waals surface area contributed by atoms with Crippen LogP contribution in [0.15, 0.2) is 54.6 Å². The Balaban J connectivity index is 1.92. The Morgan fingerprint density at radius 2 is 1.74 bits per heavy atom. The number of para-hydroxylation sites is 1. The van der Waals surface area contributed by atoms with Crippen LogP contribution in [0.4, 0.5) is 0 Å². The maximum absolute atomic E-state index is 12.3. The lowest BCUT2D eigenvalue weighted by Crippen LogP contribution is -2.43. The van der Waals surface area contributed by atoms with Crippen LogP contribution in [-0.2, 0) is 4.79 Å². The Labute approximate surface area is 136 Å². The molecule has 0 saturated heterocycles. The number of amides is 2. The second kappa shape index (κ2) is 6.55. The number of benzene rings is 2. The largest absolute Gasteiger partial charge is 0.334 e. The van der Waals surface area contributed by atoms with Gasteiger partial charge in [-0.3, -0.25) is 15.0 Å². The lowest BCUT2D eigenvalue weighted by atomic mass is 10.2. The summed E-state index contributed by atoms with van der Waals surface area (Å²) >= 11 is 1.34. The normalized spacial score (nSPS) is 11.9. The van der Waals surface area contributed by atoms with Crippen LogP contribution < -0.4 is 16.6 Å². The summed E-state index contributed by atoms with van der Waals surface area (Å²) in [5, 5.41) is 3.16. The van der Waals surface area contributed by atoms with Crippen LogP contribution in [0.5, 0.6) is 0 Å². The molecule has 3 aromatic rings. The van der Waals surface area contributed by atoms with Crippen molar-refractivity contribution in [3.8, 4) is 0 Å². The molecule has 4 N–H and O–H groups in total. The van der Waals surface area contributed by atoms with Crippen molar-refractivity contribution in [1.82, 2.24) is 15.7 Å². The third-order valence-corrected chi connectivity index (χ3v) is 4.37. The summed E-state index contributed by atoms with van der Waals surface area (Å²) in [5.41, 5.74) is 3.31. The summed E-state index contributed by atoms with van der Waals surface area (Å²) in [7, 11) is 0. The number of hydrazine groups is 1. The number of aromatic nitrogens is 1. The monoisotopic (exact) mass is 326 g/mol. The van der Waals surface area contributed by atoms with Gasteiger partial charge in [-0.25, -0.2) is 10.8 Å². The molecule has 23 heavy (non-hydrogen) atoms. The average Bonchev–Trinajstić information content (AvgIpc) is 3.03. The molecular weight excluding hydrogens is 312 g/mol. The quantitative estimate of drug-likeness (QED) is 0.386. The van der Waals surface area contributed by atoms with Gasteiger partial charge in [-0.2, -0.15) is 0 Å². The van der Waals surface area contributed by atoms with E-state index in [1.165, 1.54) is 11.3 Å². The van der Waals surface area contributed by atoms with Crippen molar-refractivity contribution in [1.29, 1.82) is 0 Å². The van der Waals surface area contributed by atoms with Crippen molar-refractivity contribution in [2.24, 2.45) is 5.84 Å². The van der Waals surface area contributed by atoms with E-state index in [0.717, 1.165) is 10.2 Å². The molecule has 0 radical (unpaired) electrons. The molecule has 0 saturated carbocycles. The molecule has 0 bridgehead atoms. The van der Waals surface area contributed by atoms with Gasteiger partial charge >= 0.3 is 0 Å². The highest BCUT2D eigenvalue weighted by Crippen LogP contribution is 2.26. The highest BCUT2D eigenvalue weighted by Gasteiger charge is 2.26. The number of nitrogens with two attached hydrogens (primary N) is 1. The summed E-state index contributed by atoms with van der Waals surface area (Å²) in [6.45, 7) is 0. The molecule has 0 aliphatic rings. The third kappa shape index (κ3) is 3.20. The smallest absolute Gasteiger partial charge is 0.263 e. The minimum absolute atomic E-state index is 0.363. The van der Waals surface area contributed by atoms with Gasteiger partial charge in [-0.05, 0) is 24.3 Å². The molecule has 0 spiro atoms. The standard InChI is InChI=1S/C16H14N4O2S/c17-20-15(22)13(19-14(21)10-6-2-1-3-7-10)16-18-11-8-4-5-9-12(11)23-16/h1-9,13H,17H2,(H,19,21)(H,20,22)/t13-/m0/s1. The second-order valence-electron chi connectivity index (χ2n) is 4.80. The summed E-state index contributed by atoms with van der Waals surface area (Å²) in [5.74, 6) is 4.36. The molecule has 0 aliphatic heterocycles. The van der Waals surface area contributed by atoms with E-state index in [2.05, 4.69) is 15.7 Å². The van der Waals surface area contributed by atoms with E-state index in [-0.39, 0.29) is 5.91 Å². The van der Waals surface area contributed by atoms with Gasteiger partial charge < -0.3 is 5.32 Å². The first-order valence-electron chi connectivity index (χ1n) is 6.91. The minimum atomic E-state index is -0.940. The predicted molar refractivity (Wildman–Crippen MR) is 88.6 cm³/mol. The van der Waals surface area contributed by atoms with Gasteiger partial charge in [0.2, 0.25) is 0 Å². The number of thiazole rings is 1. The molecule has 6 nitrogen and oxygen atoms in total. The van der Waals surface area contributed by atoms with Crippen LogP contribution in [0.2, 0.25) is 0 Å². The van der Waals surface area contributed by atoms with Crippen molar-refractivity contribution < 1.29 is 9.59 Å². The Bertz CT molecular complexity index is 814. The lowest BCUT2D eigenvalue weighted by Gasteiger charge is -2.14. The van der Waals surface area contributed by atoms with E-state index in [1.54, 1.807) is 24.3 Å². The third-order valence-electron chi connectivity index (χ3n) is 3.27. The van der Waals surface area contributed by atoms with Crippen molar-refractivity contribution in [3.05, 3.63) is 65.2 Å². The van der Waals surface area contributed by atoms with Crippen LogP contribution >= 0.6 is 11.3 Å². The van der Waals surface area contributed by atoms with Crippen molar-refractivity contribution in [2.75, 3.05) is 0 Å². The highest BCUT2D eigenvalue weighted by molar-refractivity contribution is 7.18. The number of carbonyl (C=O) groups is 2. The highest BCUT2D eigenvalue weighted by atomic mass is 32.1. The summed E-state index contributed by atoms with van der Waals surface area (Å²) in [6, 6.07) is 15.3. The van der Waals surface area contributed by atoms with E-state index >= 15 is 0 Å². The SMILES string of the molecule is NNC(=O)[C@H](NC(=O)c1ccccc1)c1nc2ccccc2s1. The van der Waals surface area contributed by atoms with Gasteiger partial charge in [0.1, 0.15) is 5.01 Å². The summed E-state index contributed by atoms with van der Waals surface area (Å²) < 4.78 is 0.936. The van der Waals surface area contributed by atoms with E-state index in [4.69, 9.17) is 5.84 Å². The van der Waals surface area contributed by atoms with Crippen LogP contribution in [0, 0.1) is 0 Å². The van der Waals surface area contributed by atoms with E-state index in [1.807, 2.05) is 30.3 Å². The van der Waals surface area contributed by atoms with Crippen LogP contribution in [0.1, 0.15) is 21.4 Å². The number of carbonyl (C=O) groups excluding carboxylic acids is 2. The fourth-order valence-electron chi connectivity index (χ4n) is 2.14. The number of nitrogens with one attached hydrogen (secondary N) is 2. The maximum atomic E-state index is 12.3. The molecule has 0 aliphatic carbocycles. The predicted octanol–water partition coefficient (Wildman–Crippen LogP) is 1.76. The molecular formula is C16H14N4O2S. The first-order chi connectivity index (χ1) is 11.2. The van der Waals surface area contributed by atoms with Crippen molar-refractivity contribution in [3.63, 3.8) is 0 Å². The second-order valence-corrected chi connectivity index (χ2v) is 5.86. The first-order valence-corrected chi connectivity index (χ1v) is 7.72. The van der Waals surface area contributed by atoms with Crippen molar-refractivity contribution in [2.45, 2.75) is 6.04 Å². The molecule has 1 atom stereocenters. The first kappa shape index (κ1) is 15.1. The molecule has 3 rings (SSSR count). The molecule has 116 valence electrons. The molecule has 1 aromatic heterocycles. The zero-order valence-corrected chi connectivity index (χ0v) is 12.8. The van der Waals surface area contributed by atoms with Gasteiger partial charge in [-0.1, -0.05) is 30.3 Å². The number of hydrogen-bond donors (Lipinski definition) is 3.